The van der Waals surface area contributed by atoms with Gasteiger partial charge in [0.25, 0.3) is 11.6 Å². The van der Waals surface area contributed by atoms with Crippen LogP contribution in [0.3, 0.4) is 0 Å². The summed E-state index contributed by atoms with van der Waals surface area (Å²) in [7, 11) is 0. The van der Waals surface area contributed by atoms with E-state index in [-0.39, 0.29) is 23.0 Å². The first-order valence-electron chi connectivity index (χ1n) is 9.18. The fraction of sp³-hybridized carbons (Fsp3) is 0.250. The van der Waals surface area contributed by atoms with Crippen molar-refractivity contribution >= 4 is 11.6 Å². The third-order valence-electron chi connectivity index (χ3n) is 4.90. The zero-order valence-electron chi connectivity index (χ0n) is 15.3. The van der Waals surface area contributed by atoms with Crippen LogP contribution in [0.4, 0.5) is 10.1 Å². The lowest BCUT2D eigenvalue weighted by molar-refractivity contribution is -0.384. The highest BCUT2D eigenvalue weighted by atomic mass is 19.1. The topological polar surface area (TPSA) is 102 Å². The molecule has 1 unspecified atom stereocenters. The van der Waals surface area contributed by atoms with Gasteiger partial charge in [0.2, 0.25) is 11.7 Å². The van der Waals surface area contributed by atoms with Gasteiger partial charge in [0, 0.05) is 29.8 Å². The van der Waals surface area contributed by atoms with E-state index in [9.17, 15) is 19.3 Å². The zero-order valence-corrected chi connectivity index (χ0v) is 15.3. The third kappa shape index (κ3) is 3.84. The molecule has 9 heteroatoms. The SMILES string of the molecule is O=C(c1cccc([N+](=O)[O-])c1)N1CCCCC1c1nc(-c2ccc(F)cc2)no1. The van der Waals surface area contributed by atoms with Crippen LogP contribution in [-0.2, 0) is 0 Å². The molecule has 1 aromatic heterocycles. The van der Waals surface area contributed by atoms with Gasteiger partial charge in [-0.25, -0.2) is 4.39 Å². The number of hydrogen-bond donors (Lipinski definition) is 0. The molecule has 8 nitrogen and oxygen atoms in total. The summed E-state index contributed by atoms with van der Waals surface area (Å²) in [6.45, 7) is 0.487. The number of non-ortho nitro benzene ring substituents is 1. The maximum atomic E-state index is 13.1. The molecule has 1 amide bonds. The van der Waals surface area contributed by atoms with E-state index in [1.165, 1.54) is 30.3 Å². The number of likely N-dealkylation sites (tertiary alicyclic amines) is 1. The van der Waals surface area contributed by atoms with Crippen molar-refractivity contribution in [3.8, 4) is 11.4 Å². The van der Waals surface area contributed by atoms with Crippen molar-refractivity contribution in [3.05, 3.63) is 75.9 Å². The summed E-state index contributed by atoms with van der Waals surface area (Å²) in [5, 5.41) is 15.0. The smallest absolute Gasteiger partial charge is 0.270 e. The maximum absolute atomic E-state index is 13.1. The van der Waals surface area contributed by atoms with E-state index in [2.05, 4.69) is 10.1 Å². The van der Waals surface area contributed by atoms with E-state index in [1.807, 2.05) is 0 Å². The number of piperidine rings is 1. The highest BCUT2D eigenvalue weighted by molar-refractivity contribution is 5.95. The number of carbonyl (C=O) groups excluding carboxylic acids is 1. The molecular weight excluding hydrogens is 379 g/mol. The van der Waals surface area contributed by atoms with Crippen LogP contribution in [0.15, 0.2) is 53.1 Å². The van der Waals surface area contributed by atoms with Crippen molar-refractivity contribution in [3.63, 3.8) is 0 Å². The van der Waals surface area contributed by atoms with E-state index in [0.29, 0.717) is 30.2 Å². The quantitative estimate of drug-likeness (QED) is 0.485. The standard InChI is InChI=1S/C20H17FN4O4/c21-15-9-7-13(8-10-15)18-22-19(29-23-18)17-6-1-2-11-24(17)20(26)14-4-3-5-16(12-14)25(27)28/h3-5,7-10,12,17H,1-2,6,11H2. The Morgan fingerprint density at radius 1 is 1.21 bits per heavy atom. The molecule has 3 aromatic rings. The number of nitro groups is 1. The van der Waals surface area contributed by atoms with Crippen molar-refractivity contribution in [2.24, 2.45) is 0 Å². The Balaban J connectivity index is 1.61. The first-order chi connectivity index (χ1) is 14.0. The summed E-state index contributed by atoms with van der Waals surface area (Å²) in [4.78, 5) is 29.6. The van der Waals surface area contributed by atoms with Crippen molar-refractivity contribution in [2.45, 2.75) is 25.3 Å². The molecule has 1 atom stereocenters. The van der Waals surface area contributed by atoms with Gasteiger partial charge in [0.1, 0.15) is 11.9 Å². The minimum atomic E-state index is -0.530. The molecule has 0 radical (unpaired) electrons. The van der Waals surface area contributed by atoms with E-state index in [4.69, 9.17) is 4.52 Å². The Kier molecular flexibility index (Phi) is 5.03. The van der Waals surface area contributed by atoms with Crippen LogP contribution in [0.1, 0.15) is 41.6 Å². The molecular formula is C20H17FN4O4. The predicted molar refractivity (Wildman–Crippen MR) is 100 cm³/mol. The molecule has 0 spiro atoms. The molecule has 2 aromatic carbocycles. The van der Waals surface area contributed by atoms with Gasteiger partial charge in [0.05, 0.1) is 4.92 Å². The molecule has 0 bridgehead atoms. The Labute approximate surface area is 165 Å². The number of rotatable bonds is 4. The summed E-state index contributed by atoms with van der Waals surface area (Å²) in [6.07, 6.45) is 2.35. The molecule has 1 aliphatic heterocycles. The van der Waals surface area contributed by atoms with Crippen molar-refractivity contribution < 1.29 is 18.6 Å². The van der Waals surface area contributed by atoms with Gasteiger partial charge in [-0.15, -0.1) is 0 Å². The number of halogens is 1. The van der Waals surface area contributed by atoms with Crippen LogP contribution in [0.2, 0.25) is 0 Å². The highest BCUT2D eigenvalue weighted by Gasteiger charge is 2.33. The molecule has 1 aliphatic rings. The fourth-order valence-electron chi connectivity index (χ4n) is 3.44. The van der Waals surface area contributed by atoms with Crippen LogP contribution in [0, 0.1) is 15.9 Å². The normalized spacial score (nSPS) is 16.6. The summed E-state index contributed by atoms with van der Waals surface area (Å²) < 4.78 is 18.5. The average Bonchev–Trinajstić information content (AvgIpc) is 3.24. The third-order valence-corrected chi connectivity index (χ3v) is 4.90. The molecule has 0 N–H and O–H groups in total. The van der Waals surface area contributed by atoms with Gasteiger partial charge in [-0.3, -0.25) is 14.9 Å². The van der Waals surface area contributed by atoms with E-state index >= 15 is 0 Å². The van der Waals surface area contributed by atoms with E-state index < -0.39 is 11.0 Å². The lowest BCUT2D eigenvalue weighted by Crippen LogP contribution is -2.38. The summed E-state index contributed by atoms with van der Waals surface area (Å²) in [5.41, 5.74) is 0.707. The molecule has 0 aliphatic carbocycles. The zero-order chi connectivity index (χ0) is 20.4. The monoisotopic (exact) mass is 396 g/mol. The summed E-state index contributed by atoms with van der Waals surface area (Å²) in [6, 6.07) is 11.0. The lowest BCUT2D eigenvalue weighted by atomic mass is 10.0. The highest BCUT2D eigenvalue weighted by Crippen LogP contribution is 2.32. The molecule has 1 fully saturated rings. The van der Waals surface area contributed by atoms with Gasteiger partial charge in [0.15, 0.2) is 0 Å². The lowest BCUT2D eigenvalue weighted by Gasteiger charge is -2.33. The number of hydrogen-bond acceptors (Lipinski definition) is 6. The Bertz CT molecular complexity index is 1050. The molecule has 1 saturated heterocycles. The number of carbonyl (C=O) groups is 1. The van der Waals surface area contributed by atoms with Crippen molar-refractivity contribution in [1.82, 2.24) is 15.0 Å². The second kappa shape index (κ2) is 7.78. The van der Waals surface area contributed by atoms with Crippen LogP contribution < -0.4 is 0 Å². The van der Waals surface area contributed by atoms with Crippen LogP contribution >= 0.6 is 0 Å². The first kappa shape index (κ1) is 18.7. The van der Waals surface area contributed by atoms with Crippen molar-refractivity contribution in [2.75, 3.05) is 6.54 Å². The Morgan fingerprint density at radius 3 is 2.76 bits per heavy atom. The molecule has 29 heavy (non-hydrogen) atoms. The number of nitrogens with zero attached hydrogens (tertiary/aromatic N) is 4. The van der Waals surface area contributed by atoms with Crippen LogP contribution in [0.25, 0.3) is 11.4 Å². The fourth-order valence-corrected chi connectivity index (χ4v) is 3.44. The number of amides is 1. The second-order valence-corrected chi connectivity index (χ2v) is 6.78. The number of benzene rings is 2. The van der Waals surface area contributed by atoms with Crippen molar-refractivity contribution in [1.29, 1.82) is 0 Å². The summed E-state index contributed by atoms with van der Waals surface area (Å²) in [5.74, 6) is -0.0745. The minimum Gasteiger partial charge on any atom is -0.337 e. The first-order valence-corrected chi connectivity index (χ1v) is 9.18. The molecule has 4 rings (SSSR count). The van der Waals surface area contributed by atoms with Crippen LogP contribution in [0.5, 0.6) is 0 Å². The number of aromatic nitrogens is 2. The van der Waals surface area contributed by atoms with Gasteiger partial charge >= 0.3 is 0 Å². The van der Waals surface area contributed by atoms with Gasteiger partial charge in [-0.1, -0.05) is 11.2 Å². The maximum Gasteiger partial charge on any atom is 0.270 e. The van der Waals surface area contributed by atoms with Gasteiger partial charge < -0.3 is 9.42 Å². The predicted octanol–water partition coefficient (Wildman–Crippen LogP) is 4.15. The Morgan fingerprint density at radius 2 is 2.00 bits per heavy atom. The van der Waals surface area contributed by atoms with E-state index in [0.717, 1.165) is 12.8 Å². The minimum absolute atomic E-state index is 0.138. The Hall–Kier alpha value is -3.62. The van der Waals surface area contributed by atoms with Gasteiger partial charge in [-0.05, 0) is 49.6 Å². The van der Waals surface area contributed by atoms with Crippen LogP contribution in [-0.4, -0.2) is 32.4 Å². The average molecular weight is 396 g/mol. The second-order valence-electron chi connectivity index (χ2n) is 6.78. The summed E-state index contributed by atoms with van der Waals surface area (Å²) >= 11 is 0. The molecule has 0 saturated carbocycles. The molecule has 2 heterocycles. The number of nitro benzene ring substituents is 1. The molecule has 148 valence electrons. The van der Waals surface area contributed by atoms with Gasteiger partial charge in [-0.2, -0.15) is 4.98 Å². The largest absolute Gasteiger partial charge is 0.337 e. The van der Waals surface area contributed by atoms with E-state index in [1.54, 1.807) is 23.1 Å².